The van der Waals surface area contributed by atoms with Gasteiger partial charge in [0.15, 0.2) is 0 Å². The smallest absolute Gasteiger partial charge is 0.242 e. The molecule has 7 heteroatoms. The van der Waals surface area contributed by atoms with Crippen molar-refractivity contribution in [2.75, 3.05) is 13.1 Å². The molecule has 1 aliphatic heterocycles. The third-order valence-corrected chi connectivity index (χ3v) is 4.74. The van der Waals surface area contributed by atoms with Crippen LogP contribution in [0, 0.1) is 5.92 Å². The van der Waals surface area contributed by atoms with Crippen molar-refractivity contribution in [1.29, 1.82) is 0 Å². The van der Waals surface area contributed by atoms with Gasteiger partial charge in [0.1, 0.15) is 0 Å². The number of halogens is 2. The highest BCUT2D eigenvalue weighted by atomic mass is 79.9. The maximum Gasteiger partial charge on any atom is 0.242 e. The molecule has 0 radical (unpaired) electrons. The van der Waals surface area contributed by atoms with Crippen molar-refractivity contribution in [3.63, 3.8) is 0 Å². The summed E-state index contributed by atoms with van der Waals surface area (Å²) in [5, 5.41) is 2.63. The summed E-state index contributed by atoms with van der Waals surface area (Å²) >= 11 is 3.54. The molecule has 1 aromatic rings. The van der Waals surface area contributed by atoms with Crippen LogP contribution in [0.5, 0.6) is 0 Å². The van der Waals surface area contributed by atoms with E-state index in [1.807, 2.05) is 32.0 Å². The molecule has 0 fully saturated rings. The Hall–Kier alpha value is -1.11. The highest BCUT2D eigenvalue weighted by Crippen LogP contribution is 2.26. The number of carbonyl (C=O) groups excluding carboxylic acids is 2. The standard InChI is InChI=1S/C16H22BrN3O2.ClH/c1-10(2)15(18)16(22)19-8-14(21)20-7-6-12-11(9-20)4-3-5-13(12)17;/h3-5,10,15H,6-9,18H2,1-2H3,(H,19,22);1H/t15-;/m0./s1. The summed E-state index contributed by atoms with van der Waals surface area (Å²) in [7, 11) is 0. The van der Waals surface area contributed by atoms with Gasteiger partial charge in [0.2, 0.25) is 11.8 Å². The fourth-order valence-corrected chi connectivity index (χ4v) is 3.08. The first-order valence-electron chi connectivity index (χ1n) is 7.47. The van der Waals surface area contributed by atoms with Gasteiger partial charge in [-0.15, -0.1) is 12.4 Å². The molecule has 0 unspecified atom stereocenters. The van der Waals surface area contributed by atoms with Crippen LogP contribution in [0.2, 0.25) is 0 Å². The first kappa shape index (κ1) is 19.9. The van der Waals surface area contributed by atoms with Crippen LogP contribution in [0.15, 0.2) is 22.7 Å². The Morgan fingerprint density at radius 3 is 2.74 bits per heavy atom. The molecule has 1 aliphatic rings. The predicted octanol–water partition coefficient (Wildman–Crippen LogP) is 1.86. The van der Waals surface area contributed by atoms with Crippen LogP contribution >= 0.6 is 28.3 Å². The van der Waals surface area contributed by atoms with E-state index in [1.54, 1.807) is 4.90 Å². The maximum absolute atomic E-state index is 12.2. The Bertz CT molecular complexity index is 580. The topological polar surface area (TPSA) is 75.4 Å². The molecule has 2 amide bonds. The van der Waals surface area contributed by atoms with Crippen molar-refractivity contribution in [3.8, 4) is 0 Å². The summed E-state index contributed by atoms with van der Waals surface area (Å²) in [5.74, 6) is -0.298. The van der Waals surface area contributed by atoms with Gasteiger partial charge in [-0.05, 0) is 29.5 Å². The molecule has 1 aromatic carbocycles. The van der Waals surface area contributed by atoms with Gasteiger partial charge in [0.05, 0.1) is 12.6 Å². The average Bonchev–Trinajstić information content (AvgIpc) is 2.51. The molecule has 0 aromatic heterocycles. The molecule has 128 valence electrons. The number of benzene rings is 1. The van der Waals surface area contributed by atoms with Gasteiger partial charge in [0.25, 0.3) is 0 Å². The Labute approximate surface area is 151 Å². The summed E-state index contributed by atoms with van der Waals surface area (Å²) in [6, 6.07) is 5.45. The number of rotatable bonds is 4. The second kappa shape index (κ2) is 8.66. The van der Waals surface area contributed by atoms with Crippen LogP contribution in [0.4, 0.5) is 0 Å². The lowest BCUT2D eigenvalue weighted by atomic mass is 10.00. The summed E-state index contributed by atoms with van der Waals surface area (Å²) in [6.45, 7) is 5.01. The van der Waals surface area contributed by atoms with E-state index in [0.29, 0.717) is 13.1 Å². The number of hydrogen-bond donors (Lipinski definition) is 2. The molecular formula is C16H23BrClN3O2. The van der Waals surface area contributed by atoms with Crippen LogP contribution < -0.4 is 11.1 Å². The first-order chi connectivity index (χ1) is 10.4. The van der Waals surface area contributed by atoms with Gasteiger partial charge in [0, 0.05) is 17.6 Å². The molecule has 0 saturated heterocycles. The molecule has 0 spiro atoms. The number of amides is 2. The lowest BCUT2D eigenvalue weighted by Gasteiger charge is -2.29. The van der Waals surface area contributed by atoms with Crippen molar-refractivity contribution < 1.29 is 9.59 Å². The first-order valence-corrected chi connectivity index (χ1v) is 8.26. The lowest BCUT2D eigenvalue weighted by molar-refractivity contribution is -0.134. The molecule has 2 rings (SSSR count). The zero-order valence-corrected chi connectivity index (χ0v) is 15.7. The fourth-order valence-electron chi connectivity index (χ4n) is 2.47. The van der Waals surface area contributed by atoms with E-state index >= 15 is 0 Å². The van der Waals surface area contributed by atoms with Crippen molar-refractivity contribution in [2.24, 2.45) is 11.7 Å². The number of hydrogen-bond acceptors (Lipinski definition) is 3. The molecule has 0 bridgehead atoms. The summed E-state index contributed by atoms with van der Waals surface area (Å²) in [5.41, 5.74) is 8.18. The van der Waals surface area contributed by atoms with Crippen LogP contribution in [0.25, 0.3) is 0 Å². The molecule has 1 heterocycles. The normalized spacial score (nSPS) is 14.7. The van der Waals surface area contributed by atoms with Crippen LogP contribution in [0.3, 0.4) is 0 Å². The van der Waals surface area contributed by atoms with Crippen molar-refractivity contribution in [1.82, 2.24) is 10.2 Å². The number of fused-ring (bicyclic) bond motifs is 1. The third-order valence-electron chi connectivity index (χ3n) is 4.00. The van der Waals surface area contributed by atoms with E-state index in [2.05, 4.69) is 21.2 Å². The minimum absolute atomic E-state index is 0. The summed E-state index contributed by atoms with van der Waals surface area (Å²) in [4.78, 5) is 25.8. The van der Waals surface area contributed by atoms with Gasteiger partial charge in [-0.1, -0.05) is 41.9 Å². The van der Waals surface area contributed by atoms with Gasteiger partial charge in [-0.25, -0.2) is 0 Å². The van der Waals surface area contributed by atoms with Gasteiger partial charge >= 0.3 is 0 Å². The van der Waals surface area contributed by atoms with E-state index in [1.165, 1.54) is 5.56 Å². The maximum atomic E-state index is 12.2. The molecule has 0 saturated carbocycles. The van der Waals surface area contributed by atoms with Gasteiger partial charge < -0.3 is 16.0 Å². The largest absolute Gasteiger partial charge is 0.346 e. The Morgan fingerprint density at radius 1 is 1.39 bits per heavy atom. The number of nitrogens with two attached hydrogens (primary N) is 1. The lowest BCUT2D eigenvalue weighted by Crippen LogP contribution is -2.48. The second-order valence-electron chi connectivity index (χ2n) is 5.93. The minimum atomic E-state index is -0.578. The van der Waals surface area contributed by atoms with Crippen LogP contribution in [0.1, 0.15) is 25.0 Å². The Kier molecular flexibility index (Phi) is 7.51. The molecule has 3 N–H and O–H groups in total. The zero-order valence-electron chi connectivity index (χ0n) is 13.3. The van der Waals surface area contributed by atoms with Crippen LogP contribution in [-0.2, 0) is 22.6 Å². The van der Waals surface area contributed by atoms with Crippen molar-refractivity contribution in [2.45, 2.75) is 32.9 Å². The second-order valence-corrected chi connectivity index (χ2v) is 6.78. The predicted molar refractivity (Wildman–Crippen MR) is 96.3 cm³/mol. The van der Waals surface area contributed by atoms with Crippen molar-refractivity contribution >= 4 is 40.2 Å². The van der Waals surface area contributed by atoms with Gasteiger partial charge in [-0.2, -0.15) is 0 Å². The molecule has 23 heavy (non-hydrogen) atoms. The van der Waals surface area contributed by atoms with E-state index in [9.17, 15) is 9.59 Å². The zero-order chi connectivity index (χ0) is 16.3. The van der Waals surface area contributed by atoms with Crippen LogP contribution in [-0.4, -0.2) is 35.8 Å². The molecule has 1 atom stereocenters. The Morgan fingerprint density at radius 2 is 2.09 bits per heavy atom. The van der Waals surface area contributed by atoms with E-state index in [0.717, 1.165) is 16.5 Å². The van der Waals surface area contributed by atoms with Gasteiger partial charge in [-0.3, -0.25) is 9.59 Å². The SMILES string of the molecule is CC(C)[C@H](N)C(=O)NCC(=O)N1CCc2c(Br)cccc2C1.Cl. The summed E-state index contributed by atoms with van der Waals surface area (Å²) < 4.78 is 1.09. The fraction of sp³-hybridized carbons (Fsp3) is 0.500. The van der Waals surface area contributed by atoms with E-state index in [4.69, 9.17) is 5.73 Å². The molecule has 0 aliphatic carbocycles. The monoisotopic (exact) mass is 403 g/mol. The van der Waals surface area contributed by atoms with E-state index in [-0.39, 0.29) is 36.7 Å². The number of carbonyl (C=O) groups is 2. The van der Waals surface area contributed by atoms with E-state index < -0.39 is 6.04 Å². The third kappa shape index (κ3) is 4.93. The highest BCUT2D eigenvalue weighted by molar-refractivity contribution is 9.10. The molecular weight excluding hydrogens is 382 g/mol. The number of nitrogens with zero attached hydrogens (tertiary/aromatic N) is 1. The number of nitrogens with one attached hydrogen (secondary N) is 1. The molecule has 5 nitrogen and oxygen atoms in total. The summed E-state index contributed by atoms with van der Waals surface area (Å²) in [6.07, 6.45) is 0.821. The van der Waals surface area contributed by atoms with Crippen molar-refractivity contribution in [3.05, 3.63) is 33.8 Å². The minimum Gasteiger partial charge on any atom is -0.346 e. The quantitative estimate of drug-likeness (QED) is 0.804. The average molecular weight is 405 g/mol. The highest BCUT2D eigenvalue weighted by Gasteiger charge is 2.23. The Balaban J connectivity index is 0.00000264.